The number of halogens is 3. The molecule has 1 aliphatic heterocycles. The third-order valence-corrected chi connectivity index (χ3v) is 5.63. The molecule has 8 nitrogen and oxygen atoms in total. The van der Waals surface area contributed by atoms with Crippen molar-refractivity contribution in [3.8, 4) is 5.75 Å². The van der Waals surface area contributed by atoms with E-state index in [1.807, 2.05) is 0 Å². The van der Waals surface area contributed by atoms with Crippen molar-refractivity contribution >= 4 is 11.9 Å². The number of carbonyl (C=O) groups excluding carboxylic acids is 2. The lowest BCUT2D eigenvalue weighted by molar-refractivity contribution is -0.141. The first kappa shape index (κ1) is 26.3. The maximum atomic E-state index is 12.6. The van der Waals surface area contributed by atoms with Crippen molar-refractivity contribution in [3.63, 3.8) is 0 Å². The van der Waals surface area contributed by atoms with Crippen LogP contribution in [0, 0.1) is 0 Å². The van der Waals surface area contributed by atoms with Gasteiger partial charge in [-0.15, -0.1) is 0 Å². The molecule has 1 aliphatic rings. The molecule has 0 N–H and O–H groups in total. The summed E-state index contributed by atoms with van der Waals surface area (Å²) in [6.07, 6.45) is -2.26. The van der Waals surface area contributed by atoms with E-state index in [1.165, 1.54) is 31.6 Å². The summed E-state index contributed by atoms with van der Waals surface area (Å²) in [6.45, 7) is 2.61. The van der Waals surface area contributed by atoms with Crippen LogP contribution in [0.1, 0.15) is 36.1 Å². The Bertz CT molecular complexity index is 1060. The Morgan fingerprint density at radius 2 is 1.74 bits per heavy atom. The molecule has 0 radical (unpaired) electrons. The van der Waals surface area contributed by atoms with E-state index >= 15 is 0 Å². The third kappa shape index (κ3) is 7.84. The number of methoxy groups -OCH3 is 1. The summed E-state index contributed by atoms with van der Waals surface area (Å²) in [5.41, 5.74) is -0.661. The Morgan fingerprint density at radius 3 is 2.34 bits per heavy atom. The molecule has 1 saturated heterocycles. The molecule has 0 saturated carbocycles. The van der Waals surface area contributed by atoms with Gasteiger partial charge in [-0.1, -0.05) is 12.1 Å². The summed E-state index contributed by atoms with van der Waals surface area (Å²) in [6, 6.07) is 5.83. The van der Waals surface area contributed by atoms with E-state index < -0.39 is 17.2 Å². The van der Waals surface area contributed by atoms with Crippen molar-refractivity contribution in [2.45, 2.75) is 38.6 Å². The third-order valence-electron chi connectivity index (χ3n) is 5.63. The van der Waals surface area contributed by atoms with Crippen LogP contribution >= 0.6 is 0 Å². The first-order valence-corrected chi connectivity index (χ1v) is 11.1. The summed E-state index contributed by atoms with van der Waals surface area (Å²) in [4.78, 5) is 39.6. The maximum Gasteiger partial charge on any atom is 0.416 e. The number of hydrogen-bond acceptors (Lipinski definition) is 7. The number of nitrogens with zero attached hydrogens (tertiary/aromatic N) is 2. The quantitative estimate of drug-likeness (QED) is 0.493. The lowest BCUT2D eigenvalue weighted by Crippen LogP contribution is -2.48. The van der Waals surface area contributed by atoms with Gasteiger partial charge in [-0.25, -0.2) is 0 Å². The summed E-state index contributed by atoms with van der Waals surface area (Å²) >= 11 is 0. The molecule has 0 unspecified atom stereocenters. The van der Waals surface area contributed by atoms with Crippen molar-refractivity contribution in [1.29, 1.82) is 0 Å². The number of benzene rings is 1. The van der Waals surface area contributed by atoms with E-state index in [2.05, 4.69) is 9.64 Å². The predicted molar refractivity (Wildman–Crippen MR) is 118 cm³/mol. The average molecular weight is 496 g/mol. The molecule has 190 valence electrons. The highest BCUT2D eigenvalue weighted by Gasteiger charge is 2.30. The summed E-state index contributed by atoms with van der Waals surface area (Å²) in [7, 11) is 1.31. The highest BCUT2D eigenvalue weighted by Crippen LogP contribution is 2.29. The molecule has 1 fully saturated rings. The number of amides is 1. The topological polar surface area (TPSA) is 89.3 Å². The second-order valence-corrected chi connectivity index (χ2v) is 8.14. The zero-order chi connectivity index (χ0) is 25.4. The molecule has 1 amide bonds. The van der Waals surface area contributed by atoms with Gasteiger partial charge in [-0.2, -0.15) is 13.2 Å². The largest absolute Gasteiger partial charge is 0.482 e. The van der Waals surface area contributed by atoms with E-state index in [1.54, 1.807) is 4.90 Å². The van der Waals surface area contributed by atoms with Crippen LogP contribution in [0.5, 0.6) is 5.75 Å². The zero-order valence-corrected chi connectivity index (χ0v) is 19.3. The van der Waals surface area contributed by atoms with Crippen molar-refractivity contribution in [2.75, 3.05) is 33.3 Å². The van der Waals surface area contributed by atoms with Gasteiger partial charge in [0.05, 0.1) is 19.2 Å². The van der Waals surface area contributed by atoms with E-state index in [4.69, 9.17) is 9.15 Å². The molecule has 0 spiro atoms. The molecule has 0 atom stereocenters. The van der Waals surface area contributed by atoms with E-state index in [9.17, 15) is 27.6 Å². The van der Waals surface area contributed by atoms with E-state index in [-0.39, 0.29) is 37.1 Å². The monoisotopic (exact) mass is 496 g/mol. The molecule has 0 aliphatic carbocycles. The smallest absolute Gasteiger partial charge is 0.416 e. The molecule has 3 rings (SSSR count). The van der Waals surface area contributed by atoms with Gasteiger partial charge in [-0.05, 0) is 24.1 Å². The average Bonchev–Trinajstić information content (AvgIpc) is 2.83. The van der Waals surface area contributed by atoms with Crippen molar-refractivity contribution in [3.05, 3.63) is 63.7 Å². The first-order chi connectivity index (χ1) is 16.7. The highest BCUT2D eigenvalue weighted by molar-refractivity contribution is 5.77. The van der Waals surface area contributed by atoms with Gasteiger partial charge in [0.15, 0.2) is 0 Å². The minimum Gasteiger partial charge on any atom is -0.482 e. The minimum absolute atomic E-state index is 0.00497. The van der Waals surface area contributed by atoms with Crippen LogP contribution in [0.3, 0.4) is 0 Å². The molecule has 1 aromatic carbocycles. The Balaban J connectivity index is 1.44. The van der Waals surface area contributed by atoms with Crippen LogP contribution in [0.2, 0.25) is 0 Å². The Labute approximate surface area is 200 Å². The number of hydrogen-bond donors (Lipinski definition) is 0. The second-order valence-electron chi connectivity index (χ2n) is 8.14. The lowest BCUT2D eigenvalue weighted by Gasteiger charge is -2.34. The van der Waals surface area contributed by atoms with Crippen LogP contribution in [0.4, 0.5) is 13.2 Å². The summed E-state index contributed by atoms with van der Waals surface area (Å²) in [5, 5.41) is 0. The number of piperazine rings is 1. The van der Waals surface area contributed by atoms with Crippen molar-refractivity contribution in [1.82, 2.24) is 9.80 Å². The Hall–Kier alpha value is -3.34. The van der Waals surface area contributed by atoms with Crippen LogP contribution < -0.4 is 10.2 Å². The standard InChI is InChI=1S/C24H27F3N2O6/c1-33-23(32)4-2-3-22(31)29-11-9-28(10-12-29)14-19-13-20(30)21(16-34-19)35-15-17-5-7-18(8-6-17)24(25,26)27/h5-8,13,16H,2-4,9-12,14-15H2,1H3. The first-order valence-electron chi connectivity index (χ1n) is 11.1. The summed E-state index contributed by atoms with van der Waals surface area (Å²) in [5.74, 6) is 0.0699. The lowest BCUT2D eigenvalue weighted by atomic mass is 10.1. The van der Waals surface area contributed by atoms with Gasteiger partial charge < -0.3 is 18.8 Å². The fourth-order valence-corrected chi connectivity index (χ4v) is 3.60. The predicted octanol–water partition coefficient (Wildman–Crippen LogP) is 3.23. The van der Waals surface area contributed by atoms with Gasteiger partial charge in [-0.3, -0.25) is 19.3 Å². The minimum atomic E-state index is -4.41. The summed E-state index contributed by atoms with van der Waals surface area (Å²) < 4.78 is 53.4. The number of rotatable bonds is 9. The number of esters is 1. The second kappa shape index (κ2) is 11.9. The number of ether oxygens (including phenoxy) is 2. The van der Waals surface area contributed by atoms with Gasteiger partial charge >= 0.3 is 12.1 Å². The molecule has 0 bridgehead atoms. The van der Waals surface area contributed by atoms with E-state index in [0.29, 0.717) is 50.5 Å². The number of alkyl halides is 3. The molecule has 2 aromatic rings. The maximum absolute atomic E-state index is 12.6. The van der Waals surface area contributed by atoms with Crippen molar-refractivity contribution < 1.29 is 36.7 Å². The van der Waals surface area contributed by atoms with Crippen LogP contribution in [0.15, 0.2) is 45.8 Å². The van der Waals surface area contributed by atoms with Gasteiger partial charge in [0.2, 0.25) is 17.1 Å². The molecule has 35 heavy (non-hydrogen) atoms. The van der Waals surface area contributed by atoms with Gasteiger partial charge in [0.25, 0.3) is 0 Å². The fourth-order valence-electron chi connectivity index (χ4n) is 3.60. The normalized spacial score (nSPS) is 14.6. The van der Waals surface area contributed by atoms with E-state index in [0.717, 1.165) is 12.1 Å². The molecular weight excluding hydrogens is 469 g/mol. The fraction of sp³-hybridized carbons (Fsp3) is 0.458. The zero-order valence-electron chi connectivity index (χ0n) is 19.3. The van der Waals surface area contributed by atoms with Gasteiger partial charge in [0, 0.05) is 45.1 Å². The number of carbonyl (C=O) groups is 2. The molecular formula is C24H27F3N2O6. The SMILES string of the molecule is COC(=O)CCCC(=O)N1CCN(Cc2cc(=O)c(OCc3ccc(C(F)(F)F)cc3)co2)CC1. The highest BCUT2D eigenvalue weighted by atomic mass is 19.4. The molecule has 11 heteroatoms. The van der Waals surface area contributed by atoms with Gasteiger partial charge in [0.1, 0.15) is 18.6 Å². The Morgan fingerprint density at radius 1 is 1.06 bits per heavy atom. The molecule has 2 heterocycles. The molecule has 1 aromatic heterocycles. The van der Waals surface area contributed by atoms with Crippen LogP contribution in [0.25, 0.3) is 0 Å². The van der Waals surface area contributed by atoms with Crippen LogP contribution in [-0.2, 0) is 33.7 Å². The van der Waals surface area contributed by atoms with Crippen molar-refractivity contribution in [2.24, 2.45) is 0 Å². The Kier molecular flexibility index (Phi) is 8.91. The van der Waals surface area contributed by atoms with Crippen LogP contribution in [-0.4, -0.2) is 55.0 Å².